The fraction of sp³-hybridized carbons (Fsp3) is 0.162. The maximum Gasteiger partial charge on any atom is 0.262 e. The van der Waals surface area contributed by atoms with E-state index < -0.39 is 0 Å². The van der Waals surface area contributed by atoms with E-state index in [0.29, 0.717) is 39.7 Å². The smallest absolute Gasteiger partial charge is 0.262 e. The molecule has 0 fully saturated rings. The van der Waals surface area contributed by atoms with Gasteiger partial charge < -0.3 is 24.1 Å². The van der Waals surface area contributed by atoms with Crippen molar-refractivity contribution in [3.05, 3.63) is 114 Å². The molecule has 0 saturated carbocycles. The summed E-state index contributed by atoms with van der Waals surface area (Å²) in [5.41, 5.74) is 6.90. The first-order valence-corrected chi connectivity index (χ1v) is 15.6. The molecule has 4 heterocycles. The molecule has 0 saturated heterocycles. The van der Waals surface area contributed by atoms with Crippen LogP contribution in [0.2, 0.25) is 0 Å². The first-order valence-electron chi connectivity index (χ1n) is 15.6. The molecule has 0 aliphatic rings. The average Bonchev–Trinajstić information content (AvgIpc) is 3.83. The molecule has 0 atom stereocenters. The Bertz CT molecular complexity index is 2270. The number of carbonyl (C=O) groups excluding carboxylic acids is 1. The molecule has 7 rings (SSSR count). The number of furan rings is 1. The third-order valence-electron chi connectivity index (χ3n) is 7.88. The average molecular weight is 655 g/mol. The Morgan fingerprint density at radius 2 is 1.76 bits per heavy atom. The van der Waals surface area contributed by atoms with Crippen molar-refractivity contribution in [1.29, 1.82) is 0 Å². The predicted octanol–water partition coefficient (Wildman–Crippen LogP) is 6.90. The molecule has 7 aromatic rings. The Morgan fingerprint density at radius 3 is 2.47 bits per heavy atom. The molecule has 246 valence electrons. The van der Waals surface area contributed by atoms with Crippen LogP contribution in [0, 0.1) is 6.92 Å². The molecule has 4 aromatic heterocycles. The lowest BCUT2D eigenvalue weighted by atomic mass is 9.99. The van der Waals surface area contributed by atoms with Gasteiger partial charge in [0.25, 0.3) is 5.91 Å². The monoisotopic (exact) mass is 654 g/mol. The lowest BCUT2D eigenvalue weighted by molar-refractivity contribution is 0.102. The van der Waals surface area contributed by atoms with Crippen LogP contribution in [-0.2, 0) is 13.6 Å². The Labute approximate surface area is 282 Å². The number of amides is 1. The Kier molecular flexibility index (Phi) is 8.37. The quantitative estimate of drug-likeness (QED) is 0.168. The summed E-state index contributed by atoms with van der Waals surface area (Å²) >= 11 is 0. The fourth-order valence-electron chi connectivity index (χ4n) is 5.60. The van der Waals surface area contributed by atoms with Crippen molar-refractivity contribution < 1.29 is 18.7 Å². The van der Waals surface area contributed by atoms with Gasteiger partial charge in [-0.1, -0.05) is 35.9 Å². The van der Waals surface area contributed by atoms with Crippen molar-refractivity contribution in [1.82, 2.24) is 34.4 Å². The van der Waals surface area contributed by atoms with E-state index in [1.54, 1.807) is 46.0 Å². The van der Waals surface area contributed by atoms with E-state index in [2.05, 4.69) is 42.5 Å². The standard InChI is InChI=1S/C37H34N8O4/c1-23-9-13-28(14-10-23)45-21-30(35(42-45)47-5)34(46)41-27-11-15-29(16-12-27)48-36-32-31(25-8-6-7-24(17-25)19-43(2)3)33(26-18-40-44(4)20-26)49-37(32)39-22-38-36/h6-18,20-22H,19H2,1-5H3,(H,41,46). The van der Waals surface area contributed by atoms with Gasteiger partial charge >= 0.3 is 0 Å². The molecule has 0 bridgehead atoms. The number of fused-ring (bicyclic) bond motifs is 1. The van der Waals surface area contributed by atoms with Gasteiger partial charge in [0.1, 0.15) is 28.8 Å². The highest BCUT2D eigenvalue weighted by Crippen LogP contribution is 2.44. The molecule has 0 spiro atoms. The topological polar surface area (TPSA) is 125 Å². The van der Waals surface area contributed by atoms with Crippen molar-refractivity contribution in [2.24, 2.45) is 7.05 Å². The fourth-order valence-corrected chi connectivity index (χ4v) is 5.60. The Balaban J connectivity index is 1.18. The zero-order chi connectivity index (χ0) is 34.1. The van der Waals surface area contributed by atoms with E-state index in [9.17, 15) is 4.79 Å². The summed E-state index contributed by atoms with van der Waals surface area (Å²) in [6.45, 7) is 2.79. The highest BCUT2D eigenvalue weighted by atomic mass is 16.5. The predicted molar refractivity (Wildman–Crippen MR) is 186 cm³/mol. The number of benzene rings is 3. The van der Waals surface area contributed by atoms with Crippen molar-refractivity contribution >= 4 is 22.7 Å². The van der Waals surface area contributed by atoms with Gasteiger partial charge in [-0.25, -0.2) is 14.6 Å². The summed E-state index contributed by atoms with van der Waals surface area (Å²) in [4.78, 5) is 24.4. The number of methoxy groups -OCH3 is 1. The normalized spacial score (nSPS) is 11.3. The van der Waals surface area contributed by atoms with E-state index >= 15 is 0 Å². The molecule has 0 radical (unpaired) electrons. The maximum absolute atomic E-state index is 13.3. The molecular formula is C37H34N8O4. The molecule has 49 heavy (non-hydrogen) atoms. The third-order valence-corrected chi connectivity index (χ3v) is 7.88. The van der Waals surface area contributed by atoms with Crippen LogP contribution in [0.3, 0.4) is 0 Å². The molecule has 1 amide bonds. The third kappa shape index (κ3) is 6.49. The minimum atomic E-state index is -0.358. The molecule has 12 heteroatoms. The number of rotatable bonds is 10. The minimum Gasteiger partial charge on any atom is -0.479 e. The number of hydrogen-bond acceptors (Lipinski definition) is 9. The summed E-state index contributed by atoms with van der Waals surface area (Å²) in [6, 6.07) is 23.2. The molecule has 1 N–H and O–H groups in total. The van der Waals surface area contributed by atoms with Gasteiger partial charge in [0, 0.05) is 37.2 Å². The van der Waals surface area contributed by atoms with Crippen LogP contribution < -0.4 is 14.8 Å². The lowest BCUT2D eigenvalue weighted by Crippen LogP contribution is -2.12. The summed E-state index contributed by atoms with van der Waals surface area (Å²) in [6.07, 6.45) is 6.72. The number of aryl methyl sites for hydroxylation is 2. The molecule has 0 unspecified atom stereocenters. The van der Waals surface area contributed by atoms with E-state index in [1.165, 1.54) is 13.4 Å². The van der Waals surface area contributed by atoms with Crippen LogP contribution in [0.4, 0.5) is 5.69 Å². The van der Waals surface area contributed by atoms with E-state index in [0.717, 1.165) is 40.0 Å². The van der Waals surface area contributed by atoms with Crippen molar-refractivity contribution in [2.45, 2.75) is 13.5 Å². The van der Waals surface area contributed by atoms with E-state index in [4.69, 9.17) is 13.9 Å². The van der Waals surface area contributed by atoms with Gasteiger partial charge in [-0.15, -0.1) is 5.10 Å². The van der Waals surface area contributed by atoms with Crippen LogP contribution in [-0.4, -0.2) is 61.5 Å². The summed E-state index contributed by atoms with van der Waals surface area (Å²) in [5.74, 6) is 1.33. The maximum atomic E-state index is 13.3. The van der Waals surface area contributed by atoms with Crippen LogP contribution in [0.1, 0.15) is 21.5 Å². The second kappa shape index (κ2) is 13.1. The molecule has 3 aromatic carbocycles. The number of anilines is 1. The van der Waals surface area contributed by atoms with Gasteiger partial charge in [-0.2, -0.15) is 5.10 Å². The highest BCUT2D eigenvalue weighted by molar-refractivity contribution is 6.06. The zero-order valence-corrected chi connectivity index (χ0v) is 27.7. The van der Waals surface area contributed by atoms with Crippen molar-refractivity contribution in [3.63, 3.8) is 0 Å². The van der Waals surface area contributed by atoms with Crippen LogP contribution in [0.5, 0.6) is 17.5 Å². The number of nitrogens with one attached hydrogen (secondary N) is 1. The minimum absolute atomic E-state index is 0.222. The van der Waals surface area contributed by atoms with Crippen LogP contribution in [0.15, 0.2) is 102 Å². The van der Waals surface area contributed by atoms with Gasteiger partial charge in [0.15, 0.2) is 0 Å². The lowest BCUT2D eigenvalue weighted by Gasteiger charge is -2.12. The van der Waals surface area contributed by atoms with Gasteiger partial charge in [-0.3, -0.25) is 9.48 Å². The second-order valence-corrected chi connectivity index (χ2v) is 11.9. The number of aromatic nitrogens is 6. The van der Waals surface area contributed by atoms with Gasteiger partial charge in [0.2, 0.25) is 17.5 Å². The van der Waals surface area contributed by atoms with Crippen LogP contribution in [0.25, 0.3) is 39.2 Å². The molecule has 0 aliphatic heterocycles. The first kappa shape index (κ1) is 31.3. The van der Waals surface area contributed by atoms with Crippen molar-refractivity contribution in [3.8, 4) is 45.6 Å². The first-order chi connectivity index (χ1) is 23.7. The highest BCUT2D eigenvalue weighted by Gasteiger charge is 2.25. The zero-order valence-electron chi connectivity index (χ0n) is 27.7. The van der Waals surface area contributed by atoms with E-state index in [-0.39, 0.29) is 11.8 Å². The summed E-state index contributed by atoms with van der Waals surface area (Å²) < 4.78 is 21.5. The molecule has 0 aliphatic carbocycles. The van der Waals surface area contributed by atoms with Crippen LogP contribution >= 0.6 is 0 Å². The summed E-state index contributed by atoms with van der Waals surface area (Å²) in [7, 11) is 7.42. The number of hydrogen-bond donors (Lipinski definition) is 1. The second-order valence-electron chi connectivity index (χ2n) is 11.9. The Hall–Kier alpha value is -6.27. The number of carbonyl (C=O) groups is 1. The number of nitrogens with zero attached hydrogens (tertiary/aromatic N) is 7. The van der Waals surface area contributed by atoms with Gasteiger partial charge in [-0.05, 0) is 74.6 Å². The number of ether oxygens (including phenoxy) is 2. The van der Waals surface area contributed by atoms with E-state index in [1.807, 2.05) is 70.7 Å². The molecular weight excluding hydrogens is 620 g/mol. The SMILES string of the molecule is COc1nn(-c2ccc(C)cc2)cc1C(=O)Nc1ccc(Oc2ncnc3oc(-c4cnn(C)c4)c(-c4cccc(CN(C)C)c4)c23)cc1. The Morgan fingerprint density at radius 1 is 0.959 bits per heavy atom. The van der Waals surface area contributed by atoms with Gasteiger partial charge in [0.05, 0.1) is 24.6 Å². The largest absolute Gasteiger partial charge is 0.479 e. The summed E-state index contributed by atoms with van der Waals surface area (Å²) in [5, 5.41) is 12.4. The molecule has 12 nitrogen and oxygen atoms in total. The van der Waals surface area contributed by atoms with Crippen molar-refractivity contribution in [2.75, 3.05) is 26.5 Å².